The summed E-state index contributed by atoms with van der Waals surface area (Å²) in [6.45, 7) is 0. The number of hydrogen-bond acceptors (Lipinski definition) is 5. The molecule has 0 aliphatic heterocycles. The molecule has 5 nitrogen and oxygen atoms in total. The zero-order valence-electron chi connectivity index (χ0n) is 19.5. The van der Waals surface area contributed by atoms with Gasteiger partial charge in [0.2, 0.25) is 11.8 Å². The van der Waals surface area contributed by atoms with Crippen LogP contribution in [0.5, 0.6) is 5.75 Å². The molecule has 8 aromatic rings. The number of phenolic OH excluding ortho intramolecular Hbond substituents is 1. The lowest BCUT2D eigenvalue weighted by atomic mass is 10.0. The fourth-order valence-corrected chi connectivity index (χ4v) is 5.05. The first kappa shape index (κ1) is 20.1. The van der Waals surface area contributed by atoms with Crippen LogP contribution in [0.15, 0.2) is 112 Å². The molecule has 0 radical (unpaired) electrons. The van der Waals surface area contributed by atoms with Gasteiger partial charge in [0.1, 0.15) is 16.8 Å². The average molecular weight is 479 g/mol. The van der Waals surface area contributed by atoms with E-state index >= 15 is 0 Å². The van der Waals surface area contributed by atoms with Crippen LogP contribution in [-0.4, -0.2) is 15.1 Å². The first-order chi connectivity index (χ1) is 18.2. The van der Waals surface area contributed by atoms with Crippen LogP contribution in [0, 0.1) is 0 Å². The van der Waals surface area contributed by atoms with Crippen LogP contribution < -0.4 is 0 Å². The zero-order chi connectivity index (χ0) is 24.5. The monoisotopic (exact) mass is 478 g/mol. The minimum Gasteiger partial charge on any atom is -0.507 e. The minimum atomic E-state index is 0.116. The number of hydrogen-bond donors (Lipinski definition) is 1. The van der Waals surface area contributed by atoms with Gasteiger partial charge in [0, 0.05) is 5.56 Å². The van der Waals surface area contributed by atoms with Gasteiger partial charge in [-0.25, -0.2) is 9.97 Å². The Morgan fingerprint density at radius 1 is 0.486 bits per heavy atom. The van der Waals surface area contributed by atoms with E-state index in [1.807, 2.05) is 84.9 Å². The Labute approximate surface area is 210 Å². The fraction of sp³-hybridized carbons (Fsp3) is 0. The third-order valence-corrected chi connectivity index (χ3v) is 6.94. The molecule has 0 saturated carbocycles. The van der Waals surface area contributed by atoms with E-state index in [0.717, 1.165) is 54.5 Å². The normalized spacial score (nSPS) is 11.9. The number of phenols is 1. The molecular formula is C32H18N2O3. The number of aromatic nitrogens is 2. The minimum absolute atomic E-state index is 0.116. The van der Waals surface area contributed by atoms with Crippen LogP contribution in [0.3, 0.4) is 0 Å². The Kier molecular flexibility index (Phi) is 4.03. The predicted octanol–water partition coefficient (Wildman–Crippen LogP) is 8.47. The number of oxazole rings is 2. The lowest BCUT2D eigenvalue weighted by Gasteiger charge is -2.05. The van der Waals surface area contributed by atoms with Crippen LogP contribution in [0.2, 0.25) is 0 Å². The molecule has 0 atom stereocenters. The maximum absolute atomic E-state index is 10.8. The van der Waals surface area contributed by atoms with Gasteiger partial charge in [-0.1, -0.05) is 54.6 Å². The summed E-state index contributed by atoms with van der Waals surface area (Å²) in [7, 11) is 0. The summed E-state index contributed by atoms with van der Waals surface area (Å²) < 4.78 is 12.2. The first-order valence-corrected chi connectivity index (χ1v) is 12.0. The molecule has 0 aliphatic rings. The highest BCUT2D eigenvalue weighted by atomic mass is 16.4. The Balaban J connectivity index is 1.25. The van der Waals surface area contributed by atoms with Crippen LogP contribution >= 0.6 is 0 Å². The van der Waals surface area contributed by atoms with E-state index in [9.17, 15) is 5.11 Å². The topological polar surface area (TPSA) is 72.3 Å². The number of fused-ring (bicyclic) bond motifs is 5. The summed E-state index contributed by atoms with van der Waals surface area (Å²) in [6.07, 6.45) is 0. The van der Waals surface area contributed by atoms with Gasteiger partial charge in [-0.3, -0.25) is 0 Å². The number of aromatic hydroxyl groups is 1. The smallest absolute Gasteiger partial charge is 0.231 e. The van der Waals surface area contributed by atoms with Gasteiger partial charge in [0.25, 0.3) is 0 Å². The molecule has 1 N–H and O–H groups in total. The van der Waals surface area contributed by atoms with E-state index < -0.39 is 0 Å². The number of benzene rings is 6. The molecule has 8 rings (SSSR count). The quantitative estimate of drug-likeness (QED) is 0.270. The predicted molar refractivity (Wildman–Crippen MR) is 147 cm³/mol. The van der Waals surface area contributed by atoms with Gasteiger partial charge >= 0.3 is 0 Å². The average Bonchev–Trinajstić information content (AvgIpc) is 3.53. The van der Waals surface area contributed by atoms with Gasteiger partial charge in [-0.2, -0.15) is 0 Å². The Bertz CT molecular complexity index is 2070. The van der Waals surface area contributed by atoms with Crippen molar-refractivity contribution in [1.82, 2.24) is 9.97 Å². The van der Waals surface area contributed by atoms with E-state index in [1.54, 1.807) is 6.07 Å². The van der Waals surface area contributed by atoms with Crippen molar-refractivity contribution in [3.8, 4) is 28.7 Å². The summed E-state index contributed by atoms with van der Waals surface area (Å²) in [4.78, 5) is 9.43. The summed E-state index contributed by atoms with van der Waals surface area (Å²) in [5.41, 5.74) is 4.39. The Morgan fingerprint density at radius 3 is 1.68 bits per heavy atom. The fourth-order valence-electron chi connectivity index (χ4n) is 5.05. The third kappa shape index (κ3) is 3.18. The summed E-state index contributed by atoms with van der Waals surface area (Å²) in [6, 6.07) is 33.9. The molecule has 5 heteroatoms. The van der Waals surface area contributed by atoms with E-state index in [1.165, 1.54) is 0 Å². The standard InChI is InChI=1S/C32H18N2O3/c35-28-15-22-9-10-23(31-33-26-13-18-5-1-3-7-20(18)16-29(26)36-31)11-24(22)12-25(28)32-34-27-14-19-6-2-4-8-21(19)17-30(27)37-32/h1-17,35H. The maximum atomic E-state index is 10.8. The SMILES string of the molecule is Oc1cc2ccc(-c3nc4cc5ccccc5cc4o3)cc2cc1-c1nc2cc3ccccc3cc2o1. The third-order valence-electron chi connectivity index (χ3n) is 6.94. The molecule has 0 fully saturated rings. The van der Waals surface area contributed by atoms with Crippen molar-refractivity contribution in [2.75, 3.05) is 0 Å². The van der Waals surface area contributed by atoms with Gasteiger partial charge in [-0.15, -0.1) is 0 Å². The van der Waals surface area contributed by atoms with Gasteiger partial charge in [0.05, 0.1) is 5.56 Å². The molecule has 0 aliphatic carbocycles. The van der Waals surface area contributed by atoms with E-state index in [0.29, 0.717) is 22.9 Å². The lowest BCUT2D eigenvalue weighted by molar-refractivity contribution is 0.475. The van der Waals surface area contributed by atoms with Crippen LogP contribution in [-0.2, 0) is 0 Å². The molecular weight excluding hydrogens is 460 g/mol. The van der Waals surface area contributed by atoms with Crippen molar-refractivity contribution >= 4 is 54.5 Å². The molecule has 6 aromatic carbocycles. The molecule has 0 spiro atoms. The number of nitrogens with zero attached hydrogens (tertiary/aromatic N) is 2. The van der Waals surface area contributed by atoms with Crippen molar-refractivity contribution in [2.45, 2.75) is 0 Å². The Hall–Kier alpha value is -5.16. The molecule has 2 heterocycles. The summed E-state index contributed by atoms with van der Waals surface area (Å²) in [5, 5.41) is 17.0. The summed E-state index contributed by atoms with van der Waals surface area (Å²) in [5.74, 6) is 1.05. The van der Waals surface area contributed by atoms with E-state index in [2.05, 4.69) is 17.1 Å². The Morgan fingerprint density at radius 2 is 1.03 bits per heavy atom. The van der Waals surface area contributed by atoms with Crippen molar-refractivity contribution in [1.29, 1.82) is 0 Å². The van der Waals surface area contributed by atoms with Gasteiger partial charge < -0.3 is 13.9 Å². The summed E-state index contributed by atoms with van der Waals surface area (Å²) >= 11 is 0. The highest BCUT2D eigenvalue weighted by Crippen LogP contribution is 2.37. The molecule has 37 heavy (non-hydrogen) atoms. The second kappa shape index (κ2) is 7.42. The molecule has 0 bridgehead atoms. The van der Waals surface area contributed by atoms with Gasteiger partial charge in [-0.05, 0) is 80.8 Å². The molecule has 2 aromatic heterocycles. The second-order valence-electron chi connectivity index (χ2n) is 9.30. The highest BCUT2D eigenvalue weighted by Gasteiger charge is 2.16. The molecule has 0 unspecified atom stereocenters. The molecule has 174 valence electrons. The maximum Gasteiger partial charge on any atom is 0.231 e. The van der Waals surface area contributed by atoms with Crippen LogP contribution in [0.4, 0.5) is 0 Å². The largest absolute Gasteiger partial charge is 0.507 e. The zero-order valence-corrected chi connectivity index (χ0v) is 19.5. The first-order valence-electron chi connectivity index (χ1n) is 12.0. The molecule has 0 amide bonds. The molecule has 0 saturated heterocycles. The second-order valence-corrected chi connectivity index (χ2v) is 9.30. The van der Waals surface area contributed by atoms with Crippen LogP contribution in [0.1, 0.15) is 0 Å². The van der Waals surface area contributed by atoms with E-state index in [-0.39, 0.29) is 5.75 Å². The number of rotatable bonds is 2. The van der Waals surface area contributed by atoms with Crippen molar-refractivity contribution in [3.63, 3.8) is 0 Å². The van der Waals surface area contributed by atoms with Crippen molar-refractivity contribution in [3.05, 3.63) is 103 Å². The van der Waals surface area contributed by atoms with Crippen LogP contribution in [0.25, 0.3) is 77.4 Å². The van der Waals surface area contributed by atoms with Crippen molar-refractivity contribution < 1.29 is 13.9 Å². The highest BCUT2D eigenvalue weighted by molar-refractivity contribution is 5.97. The van der Waals surface area contributed by atoms with Gasteiger partial charge in [0.15, 0.2) is 11.2 Å². The lowest BCUT2D eigenvalue weighted by Crippen LogP contribution is -1.83. The van der Waals surface area contributed by atoms with Crippen molar-refractivity contribution in [2.24, 2.45) is 0 Å². The van der Waals surface area contributed by atoms with E-state index in [4.69, 9.17) is 13.8 Å².